The van der Waals surface area contributed by atoms with Crippen molar-refractivity contribution < 1.29 is 0 Å². The first kappa shape index (κ1) is 19.4. The molecule has 0 spiro atoms. The van der Waals surface area contributed by atoms with E-state index in [1.54, 1.807) is 6.07 Å². The lowest BCUT2D eigenvalue weighted by Gasteiger charge is -2.36. The van der Waals surface area contributed by atoms with Crippen molar-refractivity contribution >= 4 is 46.2 Å². The Morgan fingerprint density at radius 1 is 1.19 bits per heavy atom. The van der Waals surface area contributed by atoms with Crippen molar-refractivity contribution in [3.05, 3.63) is 45.2 Å². The van der Waals surface area contributed by atoms with E-state index in [0.29, 0.717) is 15.2 Å². The van der Waals surface area contributed by atoms with Gasteiger partial charge < -0.3 is 10.2 Å². The molecule has 3 rings (SSSR count). The van der Waals surface area contributed by atoms with E-state index in [-0.39, 0.29) is 0 Å². The van der Waals surface area contributed by atoms with Crippen molar-refractivity contribution in [2.24, 2.45) is 7.05 Å². The zero-order valence-electron chi connectivity index (χ0n) is 15.2. The molecule has 0 aliphatic carbocycles. The molecule has 140 valence electrons. The number of aryl methyl sites for hydroxylation is 2. The molecular formula is C18H23Cl2N5S. The standard InChI is InChI=1S/C18H23Cl2N5S/c1-12-14(13(2)23(3)22-12)11-24-7-9-25(10-8-24)18(26)21-16-6-4-5-15(19)17(16)20/h4-6H,7-11H2,1-3H3,(H,21,26). The lowest BCUT2D eigenvalue weighted by molar-refractivity contribution is 0.176. The van der Waals surface area contributed by atoms with Gasteiger partial charge in [0.1, 0.15) is 0 Å². The Labute approximate surface area is 169 Å². The molecular weight excluding hydrogens is 389 g/mol. The summed E-state index contributed by atoms with van der Waals surface area (Å²) < 4.78 is 1.95. The lowest BCUT2D eigenvalue weighted by Crippen LogP contribution is -2.49. The molecule has 0 bridgehead atoms. The molecule has 1 aliphatic heterocycles. The van der Waals surface area contributed by atoms with Gasteiger partial charge in [0, 0.05) is 51.0 Å². The number of rotatable bonds is 3. The van der Waals surface area contributed by atoms with Crippen LogP contribution in [0, 0.1) is 13.8 Å². The van der Waals surface area contributed by atoms with E-state index in [1.165, 1.54) is 11.3 Å². The Kier molecular flexibility index (Phi) is 6.07. The molecule has 1 fully saturated rings. The lowest BCUT2D eigenvalue weighted by atomic mass is 10.1. The molecule has 1 saturated heterocycles. The number of hydrogen-bond acceptors (Lipinski definition) is 3. The summed E-state index contributed by atoms with van der Waals surface area (Å²) in [7, 11) is 1.99. The predicted octanol–water partition coefficient (Wildman–Crippen LogP) is 3.86. The van der Waals surface area contributed by atoms with Crippen molar-refractivity contribution in [2.75, 3.05) is 31.5 Å². The fourth-order valence-electron chi connectivity index (χ4n) is 3.17. The highest BCUT2D eigenvalue weighted by Gasteiger charge is 2.21. The number of thiocarbonyl (C=S) groups is 1. The van der Waals surface area contributed by atoms with Crippen LogP contribution in [0.4, 0.5) is 5.69 Å². The second-order valence-corrected chi connectivity index (χ2v) is 7.74. The summed E-state index contributed by atoms with van der Waals surface area (Å²) in [5.74, 6) is 0. The maximum absolute atomic E-state index is 6.23. The summed E-state index contributed by atoms with van der Waals surface area (Å²) in [6.45, 7) is 8.80. The van der Waals surface area contributed by atoms with Crippen LogP contribution in [-0.4, -0.2) is 50.9 Å². The third-order valence-corrected chi connectivity index (χ3v) is 6.07. The predicted molar refractivity (Wildman–Crippen MR) is 112 cm³/mol. The minimum atomic E-state index is 0.498. The summed E-state index contributed by atoms with van der Waals surface area (Å²) in [6.07, 6.45) is 0. The Hall–Kier alpha value is -1.34. The molecule has 5 nitrogen and oxygen atoms in total. The average molecular weight is 412 g/mol. The van der Waals surface area contributed by atoms with Crippen LogP contribution in [0.15, 0.2) is 18.2 Å². The number of benzene rings is 1. The van der Waals surface area contributed by atoms with Crippen LogP contribution in [0.25, 0.3) is 0 Å². The Morgan fingerprint density at radius 2 is 1.88 bits per heavy atom. The average Bonchev–Trinajstić information content (AvgIpc) is 2.86. The summed E-state index contributed by atoms with van der Waals surface area (Å²) >= 11 is 17.8. The molecule has 0 saturated carbocycles. The van der Waals surface area contributed by atoms with Gasteiger partial charge in [-0.1, -0.05) is 29.3 Å². The third kappa shape index (κ3) is 4.14. The van der Waals surface area contributed by atoms with Crippen LogP contribution in [0.2, 0.25) is 10.0 Å². The minimum Gasteiger partial charge on any atom is -0.346 e. The second-order valence-electron chi connectivity index (χ2n) is 6.57. The highest BCUT2D eigenvalue weighted by molar-refractivity contribution is 7.80. The fourth-order valence-corrected chi connectivity index (χ4v) is 3.81. The number of anilines is 1. The third-order valence-electron chi connectivity index (χ3n) is 4.89. The Bertz CT molecular complexity index is 812. The smallest absolute Gasteiger partial charge is 0.173 e. The van der Waals surface area contributed by atoms with E-state index in [0.717, 1.165) is 44.1 Å². The number of halogens is 2. The zero-order chi connectivity index (χ0) is 18.8. The van der Waals surface area contributed by atoms with Crippen molar-refractivity contribution in [1.29, 1.82) is 0 Å². The van der Waals surface area contributed by atoms with E-state index in [9.17, 15) is 0 Å². The van der Waals surface area contributed by atoms with Crippen LogP contribution in [0.3, 0.4) is 0 Å². The van der Waals surface area contributed by atoms with Gasteiger partial charge in [0.25, 0.3) is 0 Å². The Balaban J connectivity index is 1.56. The van der Waals surface area contributed by atoms with Gasteiger partial charge >= 0.3 is 0 Å². The monoisotopic (exact) mass is 411 g/mol. The normalized spacial score (nSPS) is 15.3. The maximum Gasteiger partial charge on any atom is 0.173 e. The first-order valence-corrected chi connectivity index (χ1v) is 9.74. The van der Waals surface area contributed by atoms with Gasteiger partial charge in [-0.2, -0.15) is 5.10 Å². The molecule has 0 radical (unpaired) electrons. The molecule has 1 aliphatic rings. The van der Waals surface area contributed by atoms with E-state index in [1.807, 2.05) is 23.9 Å². The van der Waals surface area contributed by atoms with E-state index >= 15 is 0 Å². The zero-order valence-corrected chi connectivity index (χ0v) is 17.5. The largest absolute Gasteiger partial charge is 0.346 e. The van der Waals surface area contributed by atoms with Crippen molar-refractivity contribution in [2.45, 2.75) is 20.4 Å². The van der Waals surface area contributed by atoms with Crippen LogP contribution >= 0.6 is 35.4 Å². The summed E-state index contributed by atoms with van der Waals surface area (Å²) in [5.41, 5.74) is 4.42. The van der Waals surface area contributed by atoms with Crippen LogP contribution in [0.1, 0.15) is 17.0 Å². The van der Waals surface area contributed by atoms with Gasteiger partial charge in [-0.3, -0.25) is 9.58 Å². The maximum atomic E-state index is 6.23. The van der Waals surface area contributed by atoms with Crippen LogP contribution in [0.5, 0.6) is 0 Å². The molecule has 1 aromatic carbocycles. The first-order chi connectivity index (χ1) is 12.4. The van der Waals surface area contributed by atoms with Gasteiger partial charge in [-0.25, -0.2) is 0 Å². The highest BCUT2D eigenvalue weighted by Crippen LogP contribution is 2.29. The highest BCUT2D eigenvalue weighted by atomic mass is 35.5. The van der Waals surface area contributed by atoms with Gasteiger partial charge in [0.2, 0.25) is 0 Å². The number of hydrogen-bond donors (Lipinski definition) is 1. The van der Waals surface area contributed by atoms with Gasteiger partial charge in [-0.15, -0.1) is 0 Å². The molecule has 8 heteroatoms. The fraction of sp³-hybridized carbons (Fsp3) is 0.444. The van der Waals surface area contributed by atoms with Crippen LogP contribution in [-0.2, 0) is 13.6 Å². The molecule has 2 heterocycles. The van der Waals surface area contributed by atoms with Gasteiger partial charge in [0.05, 0.1) is 21.4 Å². The second kappa shape index (κ2) is 8.13. The SMILES string of the molecule is Cc1nn(C)c(C)c1CN1CCN(C(=S)Nc2cccc(Cl)c2Cl)CC1. The van der Waals surface area contributed by atoms with E-state index < -0.39 is 0 Å². The molecule has 2 aromatic rings. The molecule has 1 N–H and O–H groups in total. The Morgan fingerprint density at radius 3 is 2.50 bits per heavy atom. The molecule has 0 atom stereocenters. The number of nitrogens with zero attached hydrogens (tertiary/aromatic N) is 4. The topological polar surface area (TPSA) is 36.3 Å². The summed E-state index contributed by atoms with van der Waals surface area (Å²) in [4.78, 5) is 4.62. The van der Waals surface area contributed by atoms with E-state index in [2.05, 4.69) is 34.1 Å². The molecule has 0 amide bonds. The first-order valence-electron chi connectivity index (χ1n) is 8.58. The minimum absolute atomic E-state index is 0.498. The molecule has 26 heavy (non-hydrogen) atoms. The molecule has 1 aromatic heterocycles. The van der Waals surface area contributed by atoms with Gasteiger partial charge in [-0.05, 0) is 38.2 Å². The van der Waals surface area contributed by atoms with Crippen LogP contribution < -0.4 is 5.32 Å². The number of aromatic nitrogens is 2. The number of nitrogens with one attached hydrogen (secondary N) is 1. The van der Waals surface area contributed by atoms with Crippen molar-refractivity contribution in [3.8, 4) is 0 Å². The molecule has 0 unspecified atom stereocenters. The van der Waals surface area contributed by atoms with Crippen molar-refractivity contribution in [3.63, 3.8) is 0 Å². The summed E-state index contributed by atoms with van der Waals surface area (Å²) in [5, 5.41) is 9.42. The number of piperazine rings is 1. The van der Waals surface area contributed by atoms with Crippen molar-refractivity contribution in [1.82, 2.24) is 19.6 Å². The van der Waals surface area contributed by atoms with E-state index in [4.69, 9.17) is 35.4 Å². The van der Waals surface area contributed by atoms with Gasteiger partial charge in [0.15, 0.2) is 5.11 Å². The quantitative estimate of drug-likeness (QED) is 0.775. The summed E-state index contributed by atoms with van der Waals surface area (Å²) in [6, 6.07) is 5.50.